The van der Waals surface area contributed by atoms with Crippen molar-refractivity contribution < 1.29 is 0 Å². The van der Waals surface area contributed by atoms with E-state index < -0.39 is 0 Å². The highest BCUT2D eigenvalue weighted by atomic mass is 35.5. The lowest BCUT2D eigenvalue weighted by Crippen LogP contribution is -2.12. The van der Waals surface area contributed by atoms with Crippen LogP contribution < -0.4 is 17.0 Å². The summed E-state index contributed by atoms with van der Waals surface area (Å²) in [7, 11) is 0. The Balaban J connectivity index is 0.00000133. The van der Waals surface area contributed by atoms with Crippen LogP contribution in [0.15, 0.2) is 35.4 Å². The lowest BCUT2D eigenvalue weighted by atomic mass is 10.3. The molecule has 0 saturated carbocycles. The van der Waals surface area contributed by atoms with E-state index in [2.05, 4.69) is 15.0 Å². The van der Waals surface area contributed by atoms with Crippen molar-refractivity contribution in [1.29, 1.82) is 0 Å². The molecule has 0 aliphatic carbocycles. The van der Waals surface area contributed by atoms with Gasteiger partial charge in [-0.15, -0.1) is 12.4 Å². The lowest BCUT2D eigenvalue weighted by Gasteiger charge is -2.04. The van der Waals surface area contributed by atoms with Gasteiger partial charge in [-0.25, -0.2) is 4.98 Å². The second-order valence-electron chi connectivity index (χ2n) is 3.83. The lowest BCUT2D eigenvalue weighted by molar-refractivity contribution is 1.06. The monoisotopic (exact) mass is 278 g/mol. The maximum Gasteiger partial charge on any atom is 0.280 e. The number of benzene rings is 1. The summed E-state index contributed by atoms with van der Waals surface area (Å²) in [6.45, 7) is 0. The van der Waals surface area contributed by atoms with E-state index in [-0.39, 0.29) is 29.4 Å². The van der Waals surface area contributed by atoms with Crippen molar-refractivity contribution in [2.45, 2.75) is 0 Å². The molecule has 0 amide bonds. The largest absolute Gasteiger partial charge is 0.399 e. The first-order valence-electron chi connectivity index (χ1n) is 5.24. The zero-order chi connectivity index (χ0) is 12.7. The van der Waals surface area contributed by atoms with Gasteiger partial charge in [0.05, 0.1) is 5.69 Å². The zero-order valence-electron chi connectivity index (χ0n) is 9.70. The first-order valence-corrected chi connectivity index (χ1v) is 5.24. The third-order valence-corrected chi connectivity index (χ3v) is 2.57. The predicted molar refractivity (Wildman–Crippen MR) is 75.6 cm³/mol. The highest BCUT2D eigenvalue weighted by molar-refractivity contribution is 5.85. The van der Waals surface area contributed by atoms with Gasteiger partial charge < -0.3 is 11.5 Å². The SMILES string of the molecule is Cl.Nc1cccc(-n2cnc3c(=O)[nH]c(N)nc32)c1. The molecule has 0 saturated heterocycles. The minimum atomic E-state index is -0.361. The topological polar surface area (TPSA) is 116 Å². The number of nitrogen functional groups attached to an aromatic ring is 2. The van der Waals surface area contributed by atoms with Crippen LogP contribution in [0.5, 0.6) is 0 Å². The number of H-pyrrole nitrogens is 1. The highest BCUT2D eigenvalue weighted by Crippen LogP contribution is 2.16. The van der Waals surface area contributed by atoms with E-state index in [9.17, 15) is 4.79 Å². The third-order valence-electron chi connectivity index (χ3n) is 2.57. The summed E-state index contributed by atoms with van der Waals surface area (Å²) < 4.78 is 1.66. The molecule has 98 valence electrons. The number of fused-ring (bicyclic) bond motifs is 1. The Kier molecular flexibility index (Phi) is 3.14. The Morgan fingerprint density at radius 2 is 2.05 bits per heavy atom. The molecule has 1 aromatic carbocycles. The number of aromatic amines is 1. The fourth-order valence-electron chi connectivity index (χ4n) is 1.79. The smallest absolute Gasteiger partial charge is 0.280 e. The van der Waals surface area contributed by atoms with Crippen molar-refractivity contribution in [3.05, 3.63) is 40.9 Å². The van der Waals surface area contributed by atoms with Crippen LogP contribution in [-0.4, -0.2) is 19.5 Å². The number of rotatable bonds is 1. The third kappa shape index (κ3) is 2.11. The normalized spacial score (nSPS) is 10.3. The van der Waals surface area contributed by atoms with E-state index in [1.54, 1.807) is 16.7 Å². The van der Waals surface area contributed by atoms with Crippen LogP contribution >= 0.6 is 12.4 Å². The van der Waals surface area contributed by atoms with E-state index in [0.717, 1.165) is 5.69 Å². The van der Waals surface area contributed by atoms with Crippen LogP contribution in [0.2, 0.25) is 0 Å². The van der Waals surface area contributed by atoms with E-state index >= 15 is 0 Å². The quantitative estimate of drug-likeness (QED) is 0.567. The van der Waals surface area contributed by atoms with Crippen LogP contribution in [0.1, 0.15) is 0 Å². The molecule has 0 atom stereocenters. The molecule has 2 heterocycles. The zero-order valence-corrected chi connectivity index (χ0v) is 10.5. The number of aromatic nitrogens is 4. The molecule has 5 N–H and O–H groups in total. The van der Waals surface area contributed by atoms with Gasteiger partial charge in [0.15, 0.2) is 11.2 Å². The Labute approximate surface area is 113 Å². The molecule has 19 heavy (non-hydrogen) atoms. The van der Waals surface area contributed by atoms with Crippen molar-refractivity contribution in [2.75, 3.05) is 11.5 Å². The summed E-state index contributed by atoms with van der Waals surface area (Å²) in [6.07, 6.45) is 1.52. The van der Waals surface area contributed by atoms with E-state index in [0.29, 0.717) is 11.3 Å². The van der Waals surface area contributed by atoms with Crippen molar-refractivity contribution in [3.8, 4) is 5.69 Å². The van der Waals surface area contributed by atoms with Gasteiger partial charge in [0.2, 0.25) is 5.95 Å². The molecule has 0 bridgehead atoms. The minimum absolute atomic E-state index is 0. The van der Waals surface area contributed by atoms with Gasteiger partial charge >= 0.3 is 0 Å². The number of anilines is 2. The fraction of sp³-hybridized carbons (Fsp3) is 0. The van der Waals surface area contributed by atoms with Crippen LogP contribution in [0, 0.1) is 0 Å². The molecule has 0 fully saturated rings. The number of hydrogen-bond donors (Lipinski definition) is 3. The van der Waals surface area contributed by atoms with Crippen molar-refractivity contribution in [3.63, 3.8) is 0 Å². The summed E-state index contributed by atoms with van der Waals surface area (Å²) >= 11 is 0. The fourth-order valence-corrected chi connectivity index (χ4v) is 1.79. The van der Waals surface area contributed by atoms with Gasteiger partial charge in [-0.3, -0.25) is 14.3 Å². The van der Waals surface area contributed by atoms with Gasteiger partial charge in [0.1, 0.15) is 6.33 Å². The Morgan fingerprint density at radius 1 is 1.26 bits per heavy atom. The molecule has 7 nitrogen and oxygen atoms in total. The summed E-state index contributed by atoms with van der Waals surface area (Å²) in [5.74, 6) is 0.0538. The predicted octanol–water partition coefficient (Wildman–Crippen LogP) is 0.695. The Morgan fingerprint density at radius 3 is 2.79 bits per heavy atom. The van der Waals surface area contributed by atoms with Gasteiger partial charge in [0, 0.05) is 5.69 Å². The molecular weight excluding hydrogens is 268 g/mol. The van der Waals surface area contributed by atoms with E-state index in [1.165, 1.54) is 6.33 Å². The summed E-state index contributed by atoms with van der Waals surface area (Å²) in [4.78, 5) is 22.1. The van der Waals surface area contributed by atoms with Crippen molar-refractivity contribution in [2.24, 2.45) is 0 Å². The second-order valence-corrected chi connectivity index (χ2v) is 3.83. The average Bonchev–Trinajstić information content (AvgIpc) is 2.72. The van der Waals surface area contributed by atoms with Gasteiger partial charge in [-0.2, -0.15) is 4.98 Å². The maximum atomic E-state index is 11.6. The second kappa shape index (κ2) is 4.62. The van der Waals surface area contributed by atoms with Crippen LogP contribution in [0.25, 0.3) is 16.9 Å². The average molecular weight is 279 g/mol. The number of hydrogen-bond acceptors (Lipinski definition) is 5. The molecule has 0 radical (unpaired) electrons. The van der Waals surface area contributed by atoms with E-state index in [4.69, 9.17) is 11.5 Å². The molecule has 2 aromatic heterocycles. The number of imidazole rings is 1. The molecule has 0 spiro atoms. The Bertz CT molecular complexity index is 793. The van der Waals surface area contributed by atoms with Gasteiger partial charge in [-0.05, 0) is 18.2 Å². The van der Waals surface area contributed by atoms with Gasteiger partial charge in [-0.1, -0.05) is 6.07 Å². The molecule has 0 unspecified atom stereocenters. The van der Waals surface area contributed by atoms with Crippen molar-refractivity contribution >= 4 is 35.2 Å². The first kappa shape index (κ1) is 12.9. The molecule has 0 aliphatic heterocycles. The molecule has 0 aliphatic rings. The molecular formula is C11H11ClN6O. The maximum absolute atomic E-state index is 11.6. The Hall–Kier alpha value is -2.54. The van der Waals surface area contributed by atoms with Gasteiger partial charge in [0.25, 0.3) is 5.56 Å². The molecule has 3 aromatic rings. The number of nitrogens with one attached hydrogen (secondary N) is 1. The van der Waals surface area contributed by atoms with Crippen LogP contribution in [0.3, 0.4) is 0 Å². The van der Waals surface area contributed by atoms with Crippen LogP contribution in [0.4, 0.5) is 11.6 Å². The number of halogens is 1. The summed E-state index contributed by atoms with van der Waals surface area (Å²) in [5, 5.41) is 0. The summed E-state index contributed by atoms with van der Waals surface area (Å²) in [5.41, 5.74) is 12.9. The van der Waals surface area contributed by atoms with Crippen LogP contribution in [-0.2, 0) is 0 Å². The minimum Gasteiger partial charge on any atom is -0.399 e. The molecule has 3 rings (SSSR count). The number of nitrogens with zero attached hydrogens (tertiary/aromatic N) is 3. The highest BCUT2D eigenvalue weighted by Gasteiger charge is 2.10. The number of nitrogens with two attached hydrogens (primary N) is 2. The van der Waals surface area contributed by atoms with E-state index in [1.807, 2.05) is 12.1 Å². The standard InChI is InChI=1S/C11H10N6O.ClH/c12-6-2-1-3-7(4-6)17-5-14-8-9(17)15-11(13)16-10(8)18;/h1-5H,12H2,(H3,13,15,16,18);1H. The molecule has 8 heteroatoms. The van der Waals surface area contributed by atoms with Crippen molar-refractivity contribution in [1.82, 2.24) is 19.5 Å². The summed E-state index contributed by atoms with van der Waals surface area (Å²) in [6, 6.07) is 7.20. The first-order chi connectivity index (χ1) is 8.65.